The molecule has 0 unspecified atom stereocenters. The first-order valence-corrected chi connectivity index (χ1v) is 7.21. The minimum Gasteiger partial charge on any atom is -0.338 e. The van der Waals surface area contributed by atoms with Gasteiger partial charge in [-0.05, 0) is 30.7 Å². The second-order valence-electron chi connectivity index (χ2n) is 3.49. The van der Waals surface area contributed by atoms with Gasteiger partial charge in [0.25, 0.3) is 5.91 Å². The lowest BCUT2D eigenvalue weighted by molar-refractivity contribution is 0.0766. The molecule has 1 aromatic rings. The van der Waals surface area contributed by atoms with Crippen LogP contribution in [0.25, 0.3) is 0 Å². The normalized spacial score (nSPS) is 10.2. The Bertz CT molecular complexity index is 331. The van der Waals surface area contributed by atoms with Gasteiger partial charge in [0, 0.05) is 28.5 Å². The first-order chi connectivity index (χ1) is 7.69. The highest BCUT2D eigenvalue weighted by Gasteiger charge is 2.13. The molecule has 2 nitrogen and oxygen atoms in total. The Morgan fingerprint density at radius 2 is 1.88 bits per heavy atom. The van der Waals surface area contributed by atoms with Gasteiger partial charge in [-0.3, -0.25) is 4.79 Å². The van der Waals surface area contributed by atoms with Gasteiger partial charge in [-0.25, -0.2) is 0 Å². The van der Waals surface area contributed by atoms with E-state index < -0.39 is 0 Å². The monoisotopic (exact) mass is 347 g/mol. The predicted octanol–water partition coefficient (Wildman–Crippen LogP) is 3.70. The average Bonchev–Trinajstić information content (AvgIpc) is 2.29. The Kier molecular flexibility index (Phi) is 6.06. The fraction of sp³-hybridized carbons (Fsp3) is 0.417. The highest BCUT2D eigenvalue weighted by Crippen LogP contribution is 2.12. The lowest BCUT2D eigenvalue weighted by Gasteiger charge is -2.21. The number of benzene rings is 1. The molecule has 4 heteroatoms. The average molecular weight is 349 g/mol. The SMILES string of the molecule is CCCN(CCBr)C(=O)c1ccc(Br)cc1. The molecule has 0 aromatic heterocycles. The highest BCUT2D eigenvalue weighted by atomic mass is 79.9. The van der Waals surface area contributed by atoms with Crippen molar-refractivity contribution >= 4 is 37.8 Å². The summed E-state index contributed by atoms with van der Waals surface area (Å²) < 4.78 is 0.992. The minimum absolute atomic E-state index is 0.105. The molecule has 0 radical (unpaired) electrons. The zero-order valence-corrected chi connectivity index (χ0v) is 12.4. The first kappa shape index (κ1) is 13.7. The van der Waals surface area contributed by atoms with E-state index >= 15 is 0 Å². The van der Waals surface area contributed by atoms with E-state index in [1.165, 1.54) is 0 Å². The van der Waals surface area contributed by atoms with E-state index in [1.54, 1.807) is 0 Å². The summed E-state index contributed by atoms with van der Waals surface area (Å²) in [6.45, 7) is 3.64. The fourth-order valence-corrected chi connectivity index (χ4v) is 2.15. The number of amides is 1. The summed E-state index contributed by atoms with van der Waals surface area (Å²) in [6, 6.07) is 7.49. The van der Waals surface area contributed by atoms with Gasteiger partial charge in [0.15, 0.2) is 0 Å². The number of carbonyl (C=O) groups is 1. The third-order valence-corrected chi connectivity index (χ3v) is 3.11. The molecule has 1 rings (SSSR count). The molecule has 0 saturated carbocycles. The van der Waals surface area contributed by atoms with Crippen molar-refractivity contribution in [3.05, 3.63) is 34.3 Å². The van der Waals surface area contributed by atoms with E-state index in [1.807, 2.05) is 29.2 Å². The Balaban J connectivity index is 2.77. The van der Waals surface area contributed by atoms with E-state index in [9.17, 15) is 4.79 Å². The van der Waals surface area contributed by atoms with Crippen LogP contribution in [-0.4, -0.2) is 29.2 Å². The molecule has 1 aromatic carbocycles. The van der Waals surface area contributed by atoms with Crippen LogP contribution < -0.4 is 0 Å². The van der Waals surface area contributed by atoms with Gasteiger partial charge in [-0.15, -0.1) is 0 Å². The maximum absolute atomic E-state index is 12.1. The molecule has 0 aliphatic heterocycles. The van der Waals surface area contributed by atoms with Crippen LogP contribution in [0.5, 0.6) is 0 Å². The van der Waals surface area contributed by atoms with Crippen LogP contribution in [0.2, 0.25) is 0 Å². The molecular formula is C12H15Br2NO. The summed E-state index contributed by atoms with van der Waals surface area (Å²) in [5.41, 5.74) is 0.748. The molecule has 0 saturated heterocycles. The summed E-state index contributed by atoms with van der Waals surface area (Å²) >= 11 is 6.73. The number of halogens is 2. The van der Waals surface area contributed by atoms with E-state index in [-0.39, 0.29) is 5.91 Å². The Morgan fingerprint density at radius 1 is 1.25 bits per heavy atom. The molecule has 16 heavy (non-hydrogen) atoms. The van der Waals surface area contributed by atoms with Crippen molar-refractivity contribution < 1.29 is 4.79 Å². The molecule has 0 atom stereocenters. The van der Waals surface area contributed by atoms with Crippen molar-refractivity contribution in [3.8, 4) is 0 Å². The molecule has 0 N–H and O–H groups in total. The summed E-state index contributed by atoms with van der Waals surface area (Å²) in [5.74, 6) is 0.105. The standard InChI is InChI=1S/C12H15Br2NO/c1-2-8-15(9-7-13)12(16)10-3-5-11(14)6-4-10/h3-6H,2,7-9H2,1H3. The minimum atomic E-state index is 0.105. The van der Waals surface area contributed by atoms with Crippen molar-refractivity contribution in [2.45, 2.75) is 13.3 Å². The largest absolute Gasteiger partial charge is 0.338 e. The van der Waals surface area contributed by atoms with Gasteiger partial charge < -0.3 is 4.90 Å². The molecule has 88 valence electrons. The highest BCUT2D eigenvalue weighted by molar-refractivity contribution is 9.10. The zero-order chi connectivity index (χ0) is 12.0. The molecule has 0 aliphatic rings. The molecule has 0 bridgehead atoms. The van der Waals surface area contributed by atoms with Gasteiger partial charge in [0.1, 0.15) is 0 Å². The predicted molar refractivity (Wildman–Crippen MR) is 74.1 cm³/mol. The van der Waals surface area contributed by atoms with Gasteiger partial charge >= 0.3 is 0 Å². The Hall–Kier alpha value is -0.350. The maximum atomic E-state index is 12.1. The maximum Gasteiger partial charge on any atom is 0.253 e. The van der Waals surface area contributed by atoms with Crippen LogP contribution in [-0.2, 0) is 0 Å². The third-order valence-electron chi connectivity index (χ3n) is 2.23. The molecule has 0 spiro atoms. The Morgan fingerprint density at radius 3 is 2.38 bits per heavy atom. The van der Waals surface area contributed by atoms with E-state index in [0.29, 0.717) is 0 Å². The molecule has 1 amide bonds. The van der Waals surface area contributed by atoms with E-state index in [2.05, 4.69) is 38.8 Å². The molecule has 0 aliphatic carbocycles. The summed E-state index contributed by atoms with van der Waals surface area (Å²) in [7, 11) is 0. The van der Waals surface area contributed by atoms with Gasteiger partial charge in [0.2, 0.25) is 0 Å². The zero-order valence-electron chi connectivity index (χ0n) is 9.25. The van der Waals surface area contributed by atoms with Crippen LogP contribution in [0.1, 0.15) is 23.7 Å². The van der Waals surface area contributed by atoms with Crippen LogP contribution >= 0.6 is 31.9 Å². The lowest BCUT2D eigenvalue weighted by atomic mass is 10.2. The van der Waals surface area contributed by atoms with Crippen LogP contribution in [0.15, 0.2) is 28.7 Å². The van der Waals surface area contributed by atoms with Crippen LogP contribution in [0.3, 0.4) is 0 Å². The van der Waals surface area contributed by atoms with Gasteiger partial charge in [-0.2, -0.15) is 0 Å². The lowest BCUT2D eigenvalue weighted by Crippen LogP contribution is -2.33. The fourth-order valence-electron chi connectivity index (χ4n) is 1.46. The van der Waals surface area contributed by atoms with Crippen molar-refractivity contribution in [2.24, 2.45) is 0 Å². The van der Waals surface area contributed by atoms with Crippen molar-refractivity contribution in [1.82, 2.24) is 4.90 Å². The second-order valence-corrected chi connectivity index (χ2v) is 5.20. The van der Waals surface area contributed by atoms with Crippen molar-refractivity contribution in [1.29, 1.82) is 0 Å². The van der Waals surface area contributed by atoms with Crippen LogP contribution in [0, 0.1) is 0 Å². The summed E-state index contributed by atoms with van der Waals surface area (Å²) in [6.07, 6.45) is 0.981. The number of hydrogen-bond donors (Lipinski definition) is 0. The number of nitrogens with zero attached hydrogens (tertiary/aromatic N) is 1. The first-order valence-electron chi connectivity index (χ1n) is 5.29. The molecular weight excluding hydrogens is 334 g/mol. The van der Waals surface area contributed by atoms with Gasteiger partial charge in [-0.1, -0.05) is 38.8 Å². The van der Waals surface area contributed by atoms with E-state index in [0.717, 1.165) is 34.9 Å². The third kappa shape index (κ3) is 3.91. The smallest absolute Gasteiger partial charge is 0.253 e. The quantitative estimate of drug-likeness (QED) is 0.743. The van der Waals surface area contributed by atoms with Crippen molar-refractivity contribution in [2.75, 3.05) is 18.4 Å². The number of hydrogen-bond acceptors (Lipinski definition) is 1. The number of alkyl halides is 1. The summed E-state index contributed by atoms with van der Waals surface area (Å²) in [4.78, 5) is 14.0. The van der Waals surface area contributed by atoms with Gasteiger partial charge in [0.05, 0.1) is 0 Å². The number of rotatable bonds is 5. The van der Waals surface area contributed by atoms with E-state index in [4.69, 9.17) is 0 Å². The van der Waals surface area contributed by atoms with Crippen LogP contribution in [0.4, 0.5) is 0 Å². The molecule has 0 heterocycles. The Labute approximate surface area is 113 Å². The topological polar surface area (TPSA) is 20.3 Å². The summed E-state index contributed by atoms with van der Waals surface area (Å²) in [5, 5.41) is 0.815. The molecule has 0 fully saturated rings. The number of carbonyl (C=O) groups excluding carboxylic acids is 1. The second kappa shape index (κ2) is 7.07. The van der Waals surface area contributed by atoms with Crippen molar-refractivity contribution in [3.63, 3.8) is 0 Å².